The molecule has 0 aliphatic heterocycles. The van der Waals surface area contributed by atoms with Crippen molar-refractivity contribution >= 4 is 0 Å². The Bertz CT molecular complexity index is 91.6. The Labute approximate surface area is 60.8 Å². The van der Waals surface area contributed by atoms with Gasteiger partial charge in [-0.2, -0.15) is 0 Å². The summed E-state index contributed by atoms with van der Waals surface area (Å²) in [4.78, 5) is 0. The summed E-state index contributed by atoms with van der Waals surface area (Å²) in [6.07, 6.45) is -0.0906. The maximum atomic E-state index is 12.5. The first kappa shape index (κ1) is 9.82. The Morgan fingerprint density at radius 2 is 1.90 bits per heavy atom. The molecular formula is C7H15F2N. The normalized spacial score (nSPS) is 12.6. The lowest BCUT2D eigenvalue weighted by atomic mass is 10.2. The topological polar surface area (TPSA) is 12.0 Å². The average molecular weight is 151 g/mol. The van der Waals surface area contributed by atoms with Gasteiger partial charge < -0.3 is 5.32 Å². The molecule has 0 aromatic heterocycles. The second-order valence-corrected chi connectivity index (χ2v) is 2.75. The van der Waals surface area contributed by atoms with Gasteiger partial charge in [-0.05, 0) is 0 Å². The fourth-order valence-electron chi connectivity index (χ4n) is 0.478. The summed E-state index contributed by atoms with van der Waals surface area (Å²) in [5, 5.41) is 2.69. The molecule has 0 amide bonds. The van der Waals surface area contributed by atoms with Crippen LogP contribution in [0.15, 0.2) is 0 Å². The molecule has 0 bridgehead atoms. The third-order valence-electron chi connectivity index (χ3n) is 1.29. The third kappa shape index (κ3) is 4.68. The molecule has 62 valence electrons. The van der Waals surface area contributed by atoms with E-state index in [0.29, 0.717) is 0 Å². The van der Waals surface area contributed by atoms with E-state index in [0.717, 1.165) is 0 Å². The van der Waals surface area contributed by atoms with Crippen molar-refractivity contribution in [2.45, 2.75) is 39.2 Å². The van der Waals surface area contributed by atoms with Crippen LogP contribution in [0.25, 0.3) is 0 Å². The summed E-state index contributed by atoms with van der Waals surface area (Å²) in [5.74, 6) is -2.54. The lowest BCUT2D eigenvalue weighted by Crippen LogP contribution is -2.35. The molecule has 0 radical (unpaired) electrons. The second-order valence-electron chi connectivity index (χ2n) is 2.75. The molecule has 0 atom stereocenters. The highest BCUT2D eigenvalue weighted by atomic mass is 19.3. The first-order valence-electron chi connectivity index (χ1n) is 3.59. The van der Waals surface area contributed by atoms with Crippen molar-refractivity contribution in [1.82, 2.24) is 5.32 Å². The molecule has 0 aliphatic carbocycles. The van der Waals surface area contributed by atoms with Gasteiger partial charge in [0.25, 0.3) is 5.92 Å². The smallest absolute Gasteiger partial charge is 0.260 e. The van der Waals surface area contributed by atoms with Gasteiger partial charge in [-0.3, -0.25) is 0 Å². The number of hydrogen-bond acceptors (Lipinski definition) is 1. The van der Waals surface area contributed by atoms with Gasteiger partial charge >= 0.3 is 0 Å². The monoisotopic (exact) mass is 151 g/mol. The van der Waals surface area contributed by atoms with Crippen molar-refractivity contribution in [3.05, 3.63) is 0 Å². The zero-order valence-corrected chi connectivity index (χ0v) is 6.75. The molecule has 0 aromatic rings. The van der Waals surface area contributed by atoms with Crippen LogP contribution in [0, 0.1) is 0 Å². The standard InChI is InChI=1S/C7H15F2N/c1-4-7(8,9)5-10-6(2)3/h6,10H,4-5H2,1-3H3. The maximum absolute atomic E-state index is 12.5. The van der Waals surface area contributed by atoms with Gasteiger partial charge in [0, 0.05) is 12.5 Å². The van der Waals surface area contributed by atoms with E-state index in [4.69, 9.17) is 0 Å². The van der Waals surface area contributed by atoms with Crippen LogP contribution in [-0.2, 0) is 0 Å². The summed E-state index contributed by atoms with van der Waals surface area (Å²) in [6.45, 7) is 4.99. The number of alkyl halides is 2. The summed E-state index contributed by atoms with van der Waals surface area (Å²) < 4.78 is 24.9. The Kier molecular flexibility index (Phi) is 3.79. The van der Waals surface area contributed by atoms with Gasteiger partial charge in [0.05, 0.1) is 6.54 Å². The van der Waals surface area contributed by atoms with Crippen LogP contribution < -0.4 is 5.32 Å². The predicted molar refractivity (Wildman–Crippen MR) is 38.4 cm³/mol. The van der Waals surface area contributed by atoms with E-state index < -0.39 is 5.92 Å². The van der Waals surface area contributed by atoms with Crippen LogP contribution in [0.3, 0.4) is 0 Å². The van der Waals surface area contributed by atoms with E-state index in [-0.39, 0.29) is 19.0 Å². The van der Waals surface area contributed by atoms with E-state index >= 15 is 0 Å². The van der Waals surface area contributed by atoms with Crippen LogP contribution in [-0.4, -0.2) is 18.5 Å². The number of halogens is 2. The van der Waals surface area contributed by atoms with Crippen LogP contribution >= 0.6 is 0 Å². The highest BCUT2D eigenvalue weighted by molar-refractivity contribution is 4.68. The Hall–Kier alpha value is -0.180. The van der Waals surface area contributed by atoms with E-state index in [1.54, 1.807) is 0 Å². The molecule has 0 fully saturated rings. The Morgan fingerprint density at radius 3 is 2.20 bits per heavy atom. The SMILES string of the molecule is CCC(F)(F)CNC(C)C. The molecule has 0 rings (SSSR count). The molecule has 0 aliphatic rings. The minimum atomic E-state index is -2.54. The molecule has 0 saturated heterocycles. The first-order chi connectivity index (χ1) is 4.48. The van der Waals surface area contributed by atoms with Gasteiger partial charge in [-0.15, -0.1) is 0 Å². The van der Waals surface area contributed by atoms with E-state index in [1.165, 1.54) is 6.92 Å². The van der Waals surface area contributed by atoms with Crippen molar-refractivity contribution in [1.29, 1.82) is 0 Å². The summed E-state index contributed by atoms with van der Waals surface area (Å²) in [7, 11) is 0. The van der Waals surface area contributed by atoms with E-state index in [2.05, 4.69) is 5.32 Å². The average Bonchev–Trinajstić information content (AvgIpc) is 1.85. The van der Waals surface area contributed by atoms with Gasteiger partial charge in [0.2, 0.25) is 0 Å². The molecule has 0 spiro atoms. The van der Waals surface area contributed by atoms with Gasteiger partial charge in [-0.25, -0.2) is 8.78 Å². The van der Waals surface area contributed by atoms with Gasteiger partial charge in [0.1, 0.15) is 0 Å². The summed E-state index contributed by atoms with van der Waals surface area (Å²) >= 11 is 0. The van der Waals surface area contributed by atoms with Gasteiger partial charge in [-0.1, -0.05) is 20.8 Å². The Morgan fingerprint density at radius 1 is 1.40 bits per heavy atom. The summed E-state index contributed by atoms with van der Waals surface area (Å²) in [6, 6.07) is 0.137. The van der Waals surface area contributed by atoms with E-state index in [9.17, 15) is 8.78 Å². The predicted octanol–water partition coefficient (Wildman–Crippen LogP) is 2.03. The zero-order valence-electron chi connectivity index (χ0n) is 6.75. The molecular weight excluding hydrogens is 136 g/mol. The lowest BCUT2D eigenvalue weighted by molar-refractivity contribution is -0.00321. The van der Waals surface area contributed by atoms with Crippen LogP contribution in [0.5, 0.6) is 0 Å². The second kappa shape index (κ2) is 3.86. The fraction of sp³-hybridized carbons (Fsp3) is 1.00. The fourth-order valence-corrected chi connectivity index (χ4v) is 0.478. The zero-order chi connectivity index (χ0) is 8.20. The molecule has 0 saturated carbocycles. The Balaban J connectivity index is 3.46. The third-order valence-corrected chi connectivity index (χ3v) is 1.29. The summed E-state index contributed by atoms with van der Waals surface area (Å²) in [5.41, 5.74) is 0. The van der Waals surface area contributed by atoms with Crippen molar-refractivity contribution in [3.63, 3.8) is 0 Å². The molecule has 0 aromatic carbocycles. The highest BCUT2D eigenvalue weighted by Gasteiger charge is 2.25. The van der Waals surface area contributed by atoms with Crippen molar-refractivity contribution in [2.75, 3.05) is 6.54 Å². The van der Waals surface area contributed by atoms with Crippen molar-refractivity contribution in [3.8, 4) is 0 Å². The largest absolute Gasteiger partial charge is 0.309 e. The minimum absolute atomic E-state index is 0.0906. The molecule has 1 N–H and O–H groups in total. The first-order valence-corrected chi connectivity index (χ1v) is 3.59. The minimum Gasteiger partial charge on any atom is -0.309 e. The lowest BCUT2D eigenvalue weighted by Gasteiger charge is -2.16. The molecule has 0 unspecified atom stereocenters. The number of rotatable bonds is 4. The number of nitrogens with one attached hydrogen (secondary N) is 1. The van der Waals surface area contributed by atoms with Crippen molar-refractivity contribution in [2.24, 2.45) is 0 Å². The van der Waals surface area contributed by atoms with E-state index in [1.807, 2.05) is 13.8 Å². The van der Waals surface area contributed by atoms with Crippen LogP contribution in [0.1, 0.15) is 27.2 Å². The molecule has 1 nitrogen and oxygen atoms in total. The van der Waals surface area contributed by atoms with Crippen molar-refractivity contribution < 1.29 is 8.78 Å². The number of hydrogen-bond donors (Lipinski definition) is 1. The van der Waals surface area contributed by atoms with Gasteiger partial charge in [0.15, 0.2) is 0 Å². The molecule has 3 heteroatoms. The van der Waals surface area contributed by atoms with Crippen LogP contribution in [0.2, 0.25) is 0 Å². The quantitative estimate of drug-likeness (QED) is 0.648. The highest BCUT2D eigenvalue weighted by Crippen LogP contribution is 2.15. The van der Waals surface area contributed by atoms with Crippen LogP contribution in [0.4, 0.5) is 8.78 Å². The molecule has 0 heterocycles. The molecule has 10 heavy (non-hydrogen) atoms. The maximum Gasteiger partial charge on any atom is 0.260 e.